The molecule has 0 radical (unpaired) electrons. The number of nitrogens with one attached hydrogen (secondary N) is 1. The molecular weight excluding hydrogens is 281 g/mol. The van der Waals surface area contributed by atoms with Gasteiger partial charge in [-0.1, -0.05) is 31.5 Å². The second kappa shape index (κ2) is 6.63. The van der Waals surface area contributed by atoms with E-state index < -0.39 is 5.82 Å². The average Bonchev–Trinajstić information content (AvgIpc) is 2.42. The van der Waals surface area contributed by atoms with Crippen LogP contribution < -0.4 is 10.1 Å². The molecule has 0 amide bonds. The van der Waals surface area contributed by atoms with E-state index in [1.54, 1.807) is 12.3 Å². The van der Waals surface area contributed by atoms with Gasteiger partial charge in [0.1, 0.15) is 0 Å². The van der Waals surface area contributed by atoms with Crippen LogP contribution in [0.1, 0.15) is 19.5 Å². The molecule has 0 aliphatic carbocycles. The number of hydrogen-bond donors (Lipinski definition) is 1. The first kappa shape index (κ1) is 14.7. The van der Waals surface area contributed by atoms with Crippen molar-refractivity contribution in [2.75, 3.05) is 0 Å². The van der Waals surface area contributed by atoms with Gasteiger partial charge in [0, 0.05) is 18.8 Å². The van der Waals surface area contributed by atoms with Gasteiger partial charge >= 0.3 is 0 Å². The number of rotatable bonds is 5. The number of halogens is 2. The van der Waals surface area contributed by atoms with Crippen molar-refractivity contribution in [1.29, 1.82) is 0 Å². The standard InChI is InChI=1S/C14H15ClFN3O/c1-9(2)18-7-10-6-17-8-13(19-10)20-12-5-3-4-11(15)14(12)16/h3-6,8-9,18H,7H2,1-2H3. The third-order valence-electron chi connectivity index (χ3n) is 2.48. The van der Waals surface area contributed by atoms with E-state index in [0.717, 1.165) is 5.69 Å². The fraction of sp³-hybridized carbons (Fsp3) is 0.286. The molecule has 0 aliphatic heterocycles. The number of hydrogen-bond acceptors (Lipinski definition) is 4. The lowest BCUT2D eigenvalue weighted by atomic mass is 10.3. The monoisotopic (exact) mass is 295 g/mol. The van der Waals surface area contributed by atoms with Gasteiger partial charge < -0.3 is 10.1 Å². The number of aromatic nitrogens is 2. The van der Waals surface area contributed by atoms with Gasteiger partial charge in [-0.2, -0.15) is 0 Å². The lowest BCUT2D eigenvalue weighted by Gasteiger charge is -2.09. The Labute approximate surface area is 122 Å². The van der Waals surface area contributed by atoms with Crippen LogP contribution >= 0.6 is 11.6 Å². The van der Waals surface area contributed by atoms with Crippen LogP contribution in [0, 0.1) is 5.82 Å². The van der Waals surface area contributed by atoms with Crippen molar-refractivity contribution in [3.05, 3.63) is 47.1 Å². The van der Waals surface area contributed by atoms with E-state index in [4.69, 9.17) is 16.3 Å². The zero-order chi connectivity index (χ0) is 14.5. The van der Waals surface area contributed by atoms with Crippen LogP contribution in [0.25, 0.3) is 0 Å². The first-order chi connectivity index (χ1) is 9.56. The summed E-state index contributed by atoms with van der Waals surface area (Å²) >= 11 is 5.69. The summed E-state index contributed by atoms with van der Waals surface area (Å²) in [4.78, 5) is 8.28. The first-order valence-corrected chi connectivity index (χ1v) is 6.60. The van der Waals surface area contributed by atoms with Gasteiger partial charge in [0.25, 0.3) is 0 Å². The normalized spacial score (nSPS) is 10.8. The second-order valence-electron chi connectivity index (χ2n) is 4.54. The molecule has 0 bridgehead atoms. The fourth-order valence-corrected chi connectivity index (χ4v) is 1.67. The molecule has 1 aromatic carbocycles. The predicted molar refractivity (Wildman–Crippen MR) is 75.5 cm³/mol. The molecule has 0 spiro atoms. The summed E-state index contributed by atoms with van der Waals surface area (Å²) in [5.41, 5.74) is 0.721. The van der Waals surface area contributed by atoms with Crippen molar-refractivity contribution < 1.29 is 9.13 Å². The van der Waals surface area contributed by atoms with E-state index in [-0.39, 0.29) is 16.7 Å². The summed E-state index contributed by atoms with van der Waals surface area (Å²) in [5.74, 6) is -0.350. The van der Waals surface area contributed by atoms with Crippen LogP contribution in [0.5, 0.6) is 11.6 Å². The molecule has 6 heteroatoms. The smallest absolute Gasteiger partial charge is 0.238 e. The molecule has 0 saturated carbocycles. The van der Waals surface area contributed by atoms with E-state index in [9.17, 15) is 4.39 Å². The molecule has 2 rings (SSSR count). The van der Waals surface area contributed by atoms with Crippen LogP contribution in [-0.2, 0) is 6.54 Å². The first-order valence-electron chi connectivity index (χ1n) is 6.22. The Morgan fingerprint density at radius 2 is 2.15 bits per heavy atom. The summed E-state index contributed by atoms with van der Waals surface area (Å²) in [7, 11) is 0. The Bertz CT molecular complexity index is 592. The Hall–Kier alpha value is -1.72. The fourth-order valence-electron chi connectivity index (χ4n) is 1.50. The molecular formula is C14H15ClFN3O. The van der Waals surface area contributed by atoms with Gasteiger partial charge in [-0.25, -0.2) is 9.37 Å². The number of ether oxygens (including phenoxy) is 1. The van der Waals surface area contributed by atoms with Gasteiger partial charge in [0.15, 0.2) is 11.6 Å². The Morgan fingerprint density at radius 3 is 2.90 bits per heavy atom. The van der Waals surface area contributed by atoms with E-state index >= 15 is 0 Å². The van der Waals surface area contributed by atoms with Crippen LogP contribution in [0.2, 0.25) is 5.02 Å². The van der Waals surface area contributed by atoms with Crippen molar-refractivity contribution in [1.82, 2.24) is 15.3 Å². The zero-order valence-corrected chi connectivity index (χ0v) is 12.0. The maximum atomic E-state index is 13.7. The minimum Gasteiger partial charge on any atom is -0.434 e. The second-order valence-corrected chi connectivity index (χ2v) is 4.95. The molecule has 0 unspecified atom stereocenters. The van der Waals surface area contributed by atoms with E-state index in [1.165, 1.54) is 18.3 Å². The van der Waals surface area contributed by atoms with E-state index in [2.05, 4.69) is 15.3 Å². The van der Waals surface area contributed by atoms with Gasteiger partial charge in [-0.05, 0) is 12.1 Å². The maximum absolute atomic E-state index is 13.7. The van der Waals surface area contributed by atoms with Gasteiger partial charge in [-0.15, -0.1) is 0 Å². The summed E-state index contributed by atoms with van der Waals surface area (Å²) in [6.07, 6.45) is 3.07. The third-order valence-corrected chi connectivity index (χ3v) is 2.78. The SMILES string of the molecule is CC(C)NCc1cncc(Oc2cccc(Cl)c2F)n1. The molecule has 0 atom stereocenters. The number of nitrogens with zero attached hydrogens (tertiary/aromatic N) is 2. The molecule has 1 aromatic heterocycles. The highest BCUT2D eigenvalue weighted by molar-refractivity contribution is 6.30. The molecule has 20 heavy (non-hydrogen) atoms. The number of benzene rings is 1. The predicted octanol–water partition coefficient (Wildman–Crippen LogP) is 3.56. The van der Waals surface area contributed by atoms with Crippen LogP contribution in [-0.4, -0.2) is 16.0 Å². The Morgan fingerprint density at radius 1 is 1.35 bits per heavy atom. The molecule has 0 fully saturated rings. The van der Waals surface area contributed by atoms with E-state index in [1.807, 2.05) is 13.8 Å². The summed E-state index contributed by atoms with van der Waals surface area (Å²) in [5, 5.41) is 3.23. The molecule has 0 aliphatic rings. The van der Waals surface area contributed by atoms with Crippen LogP contribution in [0.15, 0.2) is 30.6 Å². The van der Waals surface area contributed by atoms with Gasteiger partial charge in [-0.3, -0.25) is 4.98 Å². The Kier molecular flexibility index (Phi) is 4.87. The minimum absolute atomic E-state index is 0.00749. The highest BCUT2D eigenvalue weighted by Crippen LogP contribution is 2.27. The Balaban J connectivity index is 2.13. The van der Waals surface area contributed by atoms with E-state index in [0.29, 0.717) is 12.6 Å². The topological polar surface area (TPSA) is 47.0 Å². The van der Waals surface area contributed by atoms with Gasteiger partial charge in [0.05, 0.1) is 16.9 Å². The van der Waals surface area contributed by atoms with Crippen molar-refractivity contribution >= 4 is 11.6 Å². The van der Waals surface area contributed by atoms with Crippen molar-refractivity contribution in [2.24, 2.45) is 0 Å². The largest absolute Gasteiger partial charge is 0.434 e. The highest BCUT2D eigenvalue weighted by Gasteiger charge is 2.09. The van der Waals surface area contributed by atoms with Crippen molar-refractivity contribution in [3.8, 4) is 11.6 Å². The van der Waals surface area contributed by atoms with Crippen LogP contribution in [0.4, 0.5) is 4.39 Å². The highest BCUT2D eigenvalue weighted by atomic mass is 35.5. The van der Waals surface area contributed by atoms with Crippen LogP contribution in [0.3, 0.4) is 0 Å². The maximum Gasteiger partial charge on any atom is 0.238 e. The lowest BCUT2D eigenvalue weighted by Crippen LogP contribution is -2.22. The third kappa shape index (κ3) is 3.88. The average molecular weight is 296 g/mol. The van der Waals surface area contributed by atoms with Crippen molar-refractivity contribution in [3.63, 3.8) is 0 Å². The molecule has 0 saturated heterocycles. The lowest BCUT2D eigenvalue weighted by molar-refractivity contribution is 0.422. The summed E-state index contributed by atoms with van der Waals surface area (Å²) < 4.78 is 19.1. The molecule has 1 N–H and O–H groups in total. The molecule has 2 aromatic rings. The molecule has 106 valence electrons. The molecule has 1 heterocycles. The zero-order valence-electron chi connectivity index (χ0n) is 11.2. The summed E-state index contributed by atoms with van der Waals surface area (Å²) in [6.45, 7) is 4.64. The van der Waals surface area contributed by atoms with Crippen molar-refractivity contribution in [2.45, 2.75) is 26.4 Å². The quantitative estimate of drug-likeness (QED) is 0.916. The minimum atomic E-state index is -0.610. The van der Waals surface area contributed by atoms with Gasteiger partial charge in [0.2, 0.25) is 5.88 Å². The molecule has 4 nitrogen and oxygen atoms in total. The summed E-state index contributed by atoms with van der Waals surface area (Å²) in [6, 6.07) is 4.89.